The molecule has 1 aromatic rings. The van der Waals surface area contributed by atoms with E-state index in [2.05, 4.69) is 4.98 Å². The molecule has 3 atom stereocenters. The number of hydrogen-bond acceptors (Lipinski definition) is 3. The molecule has 0 aromatic carbocycles. The maximum Gasteiger partial charge on any atom is 0.417 e. The van der Waals surface area contributed by atoms with Crippen molar-refractivity contribution in [3.05, 3.63) is 23.9 Å². The molecule has 114 valence electrons. The van der Waals surface area contributed by atoms with Crippen LogP contribution >= 0.6 is 0 Å². The van der Waals surface area contributed by atoms with Crippen molar-refractivity contribution in [2.75, 3.05) is 6.54 Å². The van der Waals surface area contributed by atoms with Crippen molar-refractivity contribution in [2.24, 2.45) is 5.92 Å². The third-order valence-electron chi connectivity index (χ3n) is 4.01. The van der Waals surface area contributed by atoms with E-state index in [9.17, 15) is 18.0 Å². The van der Waals surface area contributed by atoms with Crippen LogP contribution in [0, 0.1) is 5.92 Å². The summed E-state index contributed by atoms with van der Waals surface area (Å²) < 4.78 is 42.9. The second-order valence-electron chi connectivity index (χ2n) is 5.38. The summed E-state index contributed by atoms with van der Waals surface area (Å²) in [5, 5.41) is 9.07. The van der Waals surface area contributed by atoms with E-state index in [0.717, 1.165) is 18.7 Å². The van der Waals surface area contributed by atoms with Gasteiger partial charge in [0.25, 0.3) is 0 Å². The SMILES string of the molecule is O=C(O)N1CC2CC(Oc3ccc(C(F)(F)F)cn3)C1C2. The van der Waals surface area contributed by atoms with Crippen LogP contribution in [0.4, 0.5) is 18.0 Å². The number of ether oxygens (including phenoxy) is 1. The van der Waals surface area contributed by atoms with E-state index in [0.29, 0.717) is 13.0 Å². The van der Waals surface area contributed by atoms with Crippen molar-refractivity contribution < 1.29 is 27.8 Å². The first-order chi connectivity index (χ1) is 9.84. The van der Waals surface area contributed by atoms with Gasteiger partial charge in [0, 0.05) is 18.8 Å². The maximum atomic E-state index is 12.4. The van der Waals surface area contributed by atoms with Crippen LogP contribution in [-0.2, 0) is 6.18 Å². The molecule has 3 rings (SSSR count). The molecule has 21 heavy (non-hydrogen) atoms. The molecule has 0 spiro atoms. The number of fused-ring (bicyclic) bond motifs is 2. The van der Waals surface area contributed by atoms with Crippen LogP contribution < -0.4 is 4.74 Å². The Morgan fingerprint density at radius 3 is 2.67 bits per heavy atom. The standard InChI is InChI=1S/C13H13F3N2O3/c14-13(15,16)8-1-2-11(17-5-8)21-10-4-7-3-9(10)18(6-7)12(19)20/h1-2,5,7,9-10H,3-4,6H2,(H,19,20). The second kappa shape index (κ2) is 4.78. The Morgan fingerprint density at radius 2 is 2.14 bits per heavy atom. The Kier molecular flexibility index (Phi) is 3.18. The number of nitrogens with zero attached hydrogens (tertiary/aromatic N) is 2. The van der Waals surface area contributed by atoms with Gasteiger partial charge in [-0.3, -0.25) is 0 Å². The molecule has 1 aliphatic heterocycles. The fourth-order valence-electron chi connectivity index (χ4n) is 3.09. The van der Waals surface area contributed by atoms with Gasteiger partial charge in [-0.1, -0.05) is 0 Å². The smallest absolute Gasteiger partial charge is 0.417 e. The first-order valence-electron chi connectivity index (χ1n) is 6.54. The van der Waals surface area contributed by atoms with Gasteiger partial charge in [0.1, 0.15) is 6.10 Å². The number of likely N-dealkylation sites (tertiary alicyclic amines) is 1. The quantitative estimate of drug-likeness (QED) is 0.912. The fourth-order valence-corrected chi connectivity index (χ4v) is 3.09. The number of halogens is 3. The molecule has 1 saturated carbocycles. The zero-order chi connectivity index (χ0) is 15.2. The number of amides is 1. The summed E-state index contributed by atoms with van der Waals surface area (Å²) in [6.07, 6.45) is -3.61. The molecule has 0 radical (unpaired) electrons. The molecule has 1 aromatic heterocycles. The molecule has 1 saturated heterocycles. The van der Waals surface area contributed by atoms with E-state index in [1.165, 1.54) is 11.0 Å². The zero-order valence-corrected chi connectivity index (χ0v) is 10.9. The Bertz CT molecular complexity index is 547. The summed E-state index contributed by atoms with van der Waals surface area (Å²) in [5.74, 6) is 0.344. The lowest BCUT2D eigenvalue weighted by Gasteiger charge is -2.31. The van der Waals surface area contributed by atoms with Crippen LogP contribution in [0.3, 0.4) is 0 Å². The average molecular weight is 302 g/mol. The van der Waals surface area contributed by atoms with Crippen molar-refractivity contribution in [2.45, 2.75) is 31.2 Å². The van der Waals surface area contributed by atoms with Crippen molar-refractivity contribution in [3.63, 3.8) is 0 Å². The third-order valence-corrected chi connectivity index (χ3v) is 4.01. The van der Waals surface area contributed by atoms with Crippen LogP contribution in [0.1, 0.15) is 18.4 Å². The summed E-state index contributed by atoms with van der Waals surface area (Å²) in [6, 6.07) is 1.83. The van der Waals surface area contributed by atoms with Crippen LogP contribution in [0.2, 0.25) is 0 Å². The normalized spacial score (nSPS) is 28.0. The first-order valence-corrected chi connectivity index (χ1v) is 6.54. The van der Waals surface area contributed by atoms with Gasteiger partial charge in [-0.05, 0) is 24.8 Å². The maximum absolute atomic E-state index is 12.4. The minimum absolute atomic E-state index is 0.0888. The molecule has 1 amide bonds. The predicted octanol–water partition coefficient (Wildman–Crippen LogP) is 2.62. The summed E-state index contributed by atoms with van der Waals surface area (Å²) >= 11 is 0. The van der Waals surface area contributed by atoms with Gasteiger partial charge in [-0.2, -0.15) is 13.2 Å². The highest BCUT2D eigenvalue weighted by atomic mass is 19.4. The molecule has 2 aliphatic rings. The molecular weight excluding hydrogens is 289 g/mol. The number of piperidine rings is 1. The van der Waals surface area contributed by atoms with E-state index in [1.807, 2.05) is 0 Å². The van der Waals surface area contributed by atoms with Crippen LogP contribution in [-0.4, -0.2) is 39.8 Å². The molecule has 3 unspecified atom stereocenters. The van der Waals surface area contributed by atoms with Crippen molar-refractivity contribution >= 4 is 6.09 Å². The van der Waals surface area contributed by atoms with Gasteiger partial charge in [0.15, 0.2) is 0 Å². The number of rotatable bonds is 2. The van der Waals surface area contributed by atoms with E-state index in [4.69, 9.17) is 9.84 Å². The minimum atomic E-state index is -4.43. The lowest BCUT2D eigenvalue weighted by Crippen LogP contribution is -2.46. The highest BCUT2D eigenvalue weighted by molar-refractivity contribution is 5.66. The summed E-state index contributed by atoms with van der Waals surface area (Å²) in [5.41, 5.74) is -0.838. The predicted molar refractivity (Wildman–Crippen MR) is 64.9 cm³/mol. The Balaban J connectivity index is 1.69. The van der Waals surface area contributed by atoms with Gasteiger partial charge >= 0.3 is 12.3 Å². The van der Waals surface area contributed by atoms with Crippen molar-refractivity contribution in [1.82, 2.24) is 9.88 Å². The largest absolute Gasteiger partial charge is 0.472 e. The van der Waals surface area contributed by atoms with Crippen LogP contribution in [0.5, 0.6) is 5.88 Å². The molecule has 2 fully saturated rings. The summed E-state index contributed by atoms with van der Waals surface area (Å²) in [4.78, 5) is 16.1. The molecular formula is C13H13F3N2O3. The zero-order valence-electron chi connectivity index (χ0n) is 10.9. The number of hydrogen-bond donors (Lipinski definition) is 1. The highest BCUT2D eigenvalue weighted by Gasteiger charge is 2.48. The van der Waals surface area contributed by atoms with Crippen molar-refractivity contribution in [3.8, 4) is 5.88 Å². The third kappa shape index (κ3) is 2.62. The Labute approximate surface area is 118 Å². The van der Waals surface area contributed by atoms with E-state index < -0.39 is 17.8 Å². The van der Waals surface area contributed by atoms with Gasteiger partial charge < -0.3 is 14.7 Å². The van der Waals surface area contributed by atoms with Gasteiger partial charge in [-0.15, -0.1) is 0 Å². The number of alkyl halides is 3. The second-order valence-corrected chi connectivity index (χ2v) is 5.38. The number of pyridine rings is 1. The fraction of sp³-hybridized carbons (Fsp3) is 0.538. The number of carboxylic acid groups (broad SMARTS) is 1. The molecule has 8 heteroatoms. The van der Waals surface area contributed by atoms with Gasteiger partial charge in [-0.25, -0.2) is 9.78 Å². The average Bonchev–Trinajstić information content (AvgIpc) is 2.98. The molecule has 5 nitrogen and oxygen atoms in total. The number of aromatic nitrogens is 1. The monoisotopic (exact) mass is 302 g/mol. The number of carbonyl (C=O) groups is 1. The summed E-state index contributed by atoms with van der Waals surface area (Å²) in [6.45, 7) is 0.500. The molecule has 1 aliphatic carbocycles. The van der Waals surface area contributed by atoms with Crippen molar-refractivity contribution in [1.29, 1.82) is 0 Å². The lowest BCUT2D eigenvalue weighted by molar-refractivity contribution is -0.137. The van der Waals surface area contributed by atoms with Gasteiger partial charge in [0.2, 0.25) is 5.88 Å². The molecule has 2 heterocycles. The van der Waals surface area contributed by atoms with E-state index >= 15 is 0 Å². The van der Waals surface area contributed by atoms with Crippen LogP contribution in [0.15, 0.2) is 18.3 Å². The topological polar surface area (TPSA) is 62.7 Å². The van der Waals surface area contributed by atoms with Gasteiger partial charge in [0.05, 0.1) is 11.6 Å². The van der Waals surface area contributed by atoms with Crippen LogP contribution in [0.25, 0.3) is 0 Å². The molecule has 2 bridgehead atoms. The molecule has 1 N–H and O–H groups in total. The Hall–Kier alpha value is -1.99. The van der Waals surface area contributed by atoms with E-state index in [-0.39, 0.29) is 23.9 Å². The van der Waals surface area contributed by atoms with E-state index in [1.54, 1.807) is 0 Å². The Morgan fingerprint density at radius 1 is 1.38 bits per heavy atom. The highest BCUT2D eigenvalue weighted by Crippen LogP contribution is 2.39. The first kappa shape index (κ1) is 14.0. The summed E-state index contributed by atoms with van der Waals surface area (Å²) in [7, 11) is 0. The lowest BCUT2D eigenvalue weighted by atomic mass is 10.1. The minimum Gasteiger partial charge on any atom is -0.472 e.